The van der Waals surface area contributed by atoms with Crippen LogP contribution in [0.1, 0.15) is 34.8 Å². The summed E-state index contributed by atoms with van der Waals surface area (Å²) in [6, 6.07) is 3.45. The molecule has 19 heavy (non-hydrogen) atoms. The van der Waals surface area contributed by atoms with Gasteiger partial charge in [0.1, 0.15) is 5.75 Å². The Morgan fingerprint density at radius 3 is 2.84 bits per heavy atom. The minimum atomic E-state index is -0.0608. The number of rotatable bonds is 5. The summed E-state index contributed by atoms with van der Waals surface area (Å²) < 4.78 is 5.49. The van der Waals surface area contributed by atoms with Gasteiger partial charge in [-0.3, -0.25) is 14.8 Å². The van der Waals surface area contributed by atoms with Gasteiger partial charge >= 0.3 is 0 Å². The fourth-order valence-corrected chi connectivity index (χ4v) is 1.73. The summed E-state index contributed by atoms with van der Waals surface area (Å²) in [5.41, 5.74) is 2.03. The largest absolute Gasteiger partial charge is 0.492 e. The molecule has 0 saturated heterocycles. The lowest BCUT2D eigenvalue weighted by atomic mass is 10.0. The molecule has 2 rings (SSSR count). The zero-order valence-electron chi connectivity index (χ0n) is 11.1. The maximum Gasteiger partial charge on any atom is 0.195 e. The summed E-state index contributed by atoms with van der Waals surface area (Å²) in [6.45, 7) is 4.52. The number of aromatic nitrogens is 2. The molecule has 0 amide bonds. The molecule has 0 atom stereocenters. The van der Waals surface area contributed by atoms with Crippen LogP contribution in [-0.4, -0.2) is 22.4 Å². The monoisotopic (exact) mass is 256 g/mol. The van der Waals surface area contributed by atoms with Crippen LogP contribution in [0.3, 0.4) is 0 Å². The summed E-state index contributed by atoms with van der Waals surface area (Å²) in [4.78, 5) is 20.4. The van der Waals surface area contributed by atoms with E-state index in [1.54, 1.807) is 36.9 Å². The van der Waals surface area contributed by atoms with E-state index in [9.17, 15) is 4.79 Å². The average Bonchev–Trinajstić information content (AvgIpc) is 2.45. The third-order valence-electron chi connectivity index (χ3n) is 2.71. The molecule has 0 saturated carbocycles. The Labute approximate surface area is 112 Å². The maximum atomic E-state index is 12.4. The molecule has 0 N–H and O–H groups in total. The van der Waals surface area contributed by atoms with Gasteiger partial charge in [0, 0.05) is 29.7 Å². The van der Waals surface area contributed by atoms with Crippen molar-refractivity contribution in [1.29, 1.82) is 0 Å². The topological polar surface area (TPSA) is 52.1 Å². The number of hydrogen-bond acceptors (Lipinski definition) is 4. The first-order valence-corrected chi connectivity index (χ1v) is 6.25. The molecular weight excluding hydrogens is 240 g/mol. The van der Waals surface area contributed by atoms with Crippen LogP contribution in [0.4, 0.5) is 0 Å². The molecule has 0 unspecified atom stereocenters. The quantitative estimate of drug-likeness (QED) is 0.772. The normalized spacial score (nSPS) is 10.2. The molecule has 0 aliphatic rings. The second-order valence-electron chi connectivity index (χ2n) is 4.28. The van der Waals surface area contributed by atoms with Crippen molar-refractivity contribution in [1.82, 2.24) is 9.97 Å². The number of ketones is 1. The number of carbonyl (C=O) groups is 1. The molecule has 2 aromatic rings. The highest BCUT2D eigenvalue weighted by atomic mass is 16.5. The van der Waals surface area contributed by atoms with Crippen LogP contribution in [0, 0.1) is 6.92 Å². The van der Waals surface area contributed by atoms with E-state index in [0.717, 1.165) is 12.0 Å². The fourth-order valence-electron chi connectivity index (χ4n) is 1.73. The lowest BCUT2D eigenvalue weighted by molar-refractivity contribution is 0.103. The molecule has 98 valence electrons. The predicted octanol–water partition coefficient (Wildman–Crippen LogP) is 2.80. The van der Waals surface area contributed by atoms with Gasteiger partial charge in [0.15, 0.2) is 5.78 Å². The van der Waals surface area contributed by atoms with Gasteiger partial charge in [0.2, 0.25) is 0 Å². The molecule has 0 radical (unpaired) electrons. The molecule has 0 aliphatic heterocycles. The van der Waals surface area contributed by atoms with E-state index >= 15 is 0 Å². The Morgan fingerprint density at radius 1 is 1.26 bits per heavy atom. The van der Waals surface area contributed by atoms with E-state index < -0.39 is 0 Å². The van der Waals surface area contributed by atoms with Crippen molar-refractivity contribution in [2.45, 2.75) is 20.3 Å². The zero-order valence-corrected chi connectivity index (χ0v) is 11.1. The summed E-state index contributed by atoms with van der Waals surface area (Å²) in [5, 5.41) is 0. The van der Waals surface area contributed by atoms with Gasteiger partial charge in [-0.2, -0.15) is 0 Å². The molecule has 4 nitrogen and oxygen atoms in total. The van der Waals surface area contributed by atoms with Crippen molar-refractivity contribution in [3.05, 3.63) is 53.6 Å². The molecule has 0 aliphatic carbocycles. The van der Waals surface area contributed by atoms with Crippen molar-refractivity contribution in [2.24, 2.45) is 0 Å². The van der Waals surface area contributed by atoms with Crippen molar-refractivity contribution < 1.29 is 9.53 Å². The molecule has 0 spiro atoms. The first-order valence-electron chi connectivity index (χ1n) is 6.25. The number of ether oxygens (including phenoxy) is 1. The lowest BCUT2D eigenvalue weighted by Gasteiger charge is -2.07. The Bertz CT molecular complexity index is 582. The number of nitrogens with zero attached hydrogens (tertiary/aromatic N) is 2. The van der Waals surface area contributed by atoms with Crippen molar-refractivity contribution in [3.63, 3.8) is 0 Å². The first-order chi connectivity index (χ1) is 9.22. The van der Waals surface area contributed by atoms with Crippen LogP contribution in [0.5, 0.6) is 5.75 Å². The van der Waals surface area contributed by atoms with Crippen molar-refractivity contribution >= 4 is 5.78 Å². The van der Waals surface area contributed by atoms with Gasteiger partial charge in [-0.05, 0) is 31.0 Å². The van der Waals surface area contributed by atoms with Crippen LogP contribution in [0.25, 0.3) is 0 Å². The Balaban J connectivity index is 2.27. The van der Waals surface area contributed by atoms with Crippen LogP contribution >= 0.6 is 0 Å². The summed E-state index contributed by atoms with van der Waals surface area (Å²) in [7, 11) is 0. The van der Waals surface area contributed by atoms with E-state index in [1.165, 1.54) is 0 Å². The highest BCUT2D eigenvalue weighted by Crippen LogP contribution is 2.16. The van der Waals surface area contributed by atoms with Gasteiger partial charge < -0.3 is 4.74 Å². The molecule has 0 fully saturated rings. The van der Waals surface area contributed by atoms with Gasteiger partial charge in [0.25, 0.3) is 0 Å². The second-order valence-corrected chi connectivity index (χ2v) is 4.28. The molecule has 0 aromatic carbocycles. The third-order valence-corrected chi connectivity index (χ3v) is 2.71. The zero-order chi connectivity index (χ0) is 13.7. The Kier molecular flexibility index (Phi) is 4.23. The van der Waals surface area contributed by atoms with E-state index in [4.69, 9.17) is 4.74 Å². The standard InChI is InChI=1S/C15H16N2O2/c1-3-6-19-13-7-12(9-17-10-13)15(18)14-4-5-16-8-11(14)2/h4-5,7-10H,3,6H2,1-2H3. The van der Waals surface area contributed by atoms with Gasteiger partial charge in [-0.1, -0.05) is 6.92 Å². The van der Waals surface area contributed by atoms with Crippen molar-refractivity contribution in [3.8, 4) is 5.75 Å². The van der Waals surface area contributed by atoms with Crippen molar-refractivity contribution in [2.75, 3.05) is 6.61 Å². The maximum absolute atomic E-state index is 12.4. The average molecular weight is 256 g/mol. The smallest absolute Gasteiger partial charge is 0.195 e. The predicted molar refractivity (Wildman–Crippen MR) is 72.4 cm³/mol. The van der Waals surface area contributed by atoms with Crippen LogP contribution in [-0.2, 0) is 0 Å². The van der Waals surface area contributed by atoms with Gasteiger partial charge in [0.05, 0.1) is 12.8 Å². The summed E-state index contributed by atoms with van der Waals surface area (Å²) >= 11 is 0. The van der Waals surface area contributed by atoms with Crippen LogP contribution < -0.4 is 4.74 Å². The number of pyridine rings is 2. The van der Waals surface area contributed by atoms with E-state index in [-0.39, 0.29) is 5.78 Å². The Morgan fingerprint density at radius 2 is 2.11 bits per heavy atom. The third kappa shape index (κ3) is 3.16. The number of carbonyl (C=O) groups excluding carboxylic acids is 1. The fraction of sp³-hybridized carbons (Fsp3) is 0.267. The molecule has 2 heterocycles. The molecular formula is C15H16N2O2. The molecule has 2 aromatic heterocycles. The van der Waals surface area contributed by atoms with E-state index in [0.29, 0.717) is 23.5 Å². The highest BCUT2D eigenvalue weighted by Gasteiger charge is 2.12. The van der Waals surface area contributed by atoms with E-state index in [1.807, 2.05) is 13.8 Å². The van der Waals surface area contributed by atoms with Gasteiger partial charge in [-0.25, -0.2) is 0 Å². The molecule has 0 bridgehead atoms. The van der Waals surface area contributed by atoms with Crippen LogP contribution in [0.15, 0.2) is 36.9 Å². The SMILES string of the molecule is CCCOc1cncc(C(=O)c2ccncc2C)c1. The summed E-state index contributed by atoms with van der Waals surface area (Å²) in [5.74, 6) is 0.564. The second kappa shape index (κ2) is 6.09. The van der Waals surface area contributed by atoms with Crippen LogP contribution in [0.2, 0.25) is 0 Å². The minimum Gasteiger partial charge on any atom is -0.492 e. The highest BCUT2D eigenvalue weighted by molar-refractivity contribution is 6.09. The van der Waals surface area contributed by atoms with Gasteiger partial charge in [-0.15, -0.1) is 0 Å². The number of hydrogen-bond donors (Lipinski definition) is 0. The molecule has 4 heteroatoms. The minimum absolute atomic E-state index is 0.0608. The summed E-state index contributed by atoms with van der Waals surface area (Å²) in [6.07, 6.45) is 7.39. The number of aryl methyl sites for hydroxylation is 1. The lowest BCUT2D eigenvalue weighted by Crippen LogP contribution is -2.05. The Hall–Kier alpha value is -2.23. The first kappa shape index (κ1) is 13.2. The van der Waals surface area contributed by atoms with E-state index in [2.05, 4.69) is 9.97 Å².